The number of ether oxygens (including phenoxy) is 1. The zero-order valence-electron chi connectivity index (χ0n) is 13.2. The van der Waals surface area contributed by atoms with Crippen LogP contribution in [0.3, 0.4) is 0 Å². The molecule has 1 aromatic rings. The Morgan fingerprint density at radius 1 is 1.29 bits per heavy atom. The number of nitrogens with one attached hydrogen (secondary N) is 2. The molecule has 118 valence electrons. The monoisotopic (exact) mass is 356 g/mol. The van der Waals surface area contributed by atoms with Crippen molar-refractivity contribution in [1.82, 2.24) is 10.6 Å². The Labute approximate surface area is 135 Å². The zero-order chi connectivity index (χ0) is 15.8. The van der Waals surface area contributed by atoms with E-state index in [4.69, 9.17) is 4.74 Å². The topological polar surface area (TPSA) is 50.4 Å². The summed E-state index contributed by atoms with van der Waals surface area (Å²) in [4.78, 5) is 11.6. The van der Waals surface area contributed by atoms with E-state index in [1.54, 1.807) is 0 Å². The lowest BCUT2D eigenvalue weighted by Gasteiger charge is -2.12. The van der Waals surface area contributed by atoms with Gasteiger partial charge >= 0.3 is 0 Å². The smallest absolute Gasteiger partial charge is 0.257 e. The van der Waals surface area contributed by atoms with Crippen molar-refractivity contribution in [2.24, 2.45) is 5.92 Å². The van der Waals surface area contributed by atoms with Gasteiger partial charge in [0.15, 0.2) is 6.61 Å². The molecule has 1 rings (SSSR count). The van der Waals surface area contributed by atoms with Crippen LogP contribution in [-0.4, -0.2) is 25.1 Å². The van der Waals surface area contributed by atoms with Gasteiger partial charge in [0, 0.05) is 23.6 Å². The van der Waals surface area contributed by atoms with Gasteiger partial charge in [-0.2, -0.15) is 0 Å². The minimum atomic E-state index is -0.0894. The summed E-state index contributed by atoms with van der Waals surface area (Å²) in [6.45, 7) is 9.81. The molecular weight excluding hydrogens is 332 g/mol. The molecule has 1 amide bonds. The summed E-state index contributed by atoms with van der Waals surface area (Å²) >= 11 is 3.53. The molecule has 0 fully saturated rings. The third-order valence-corrected chi connectivity index (χ3v) is 3.57. The predicted octanol–water partition coefficient (Wildman–Crippen LogP) is 3.10. The van der Waals surface area contributed by atoms with Crippen LogP contribution in [0.5, 0.6) is 5.75 Å². The molecule has 21 heavy (non-hydrogen) atoms. The van der Waals surface area contributed by atoms with Gasteiger partial charge in [-0.05, 0) is 29.7 Å². The van der Waals surface area contributed by atoms with Crippen LogP contribution < -0.4 is 15.4 Å². The van der Waals surface area contributed by atoms with Gasteiger partial charge in [-0.3, -0.25) is 4.79 Å². The maximum absolute atomic E-state index is 11.6. The fourth-order valence-electron chi connectivity index (χ4n) is 1.61. The van der Waals surface area contributed by atoms with Crippen LogP contribution in [-0.2, 0) is 11.3 Å². The molecule has 5 heteroatoms. The van der Waals surface area contributed by atoms with Crippen LogP contribution in [0.25, 0.3) is 0 Å². The number of carbonyl (C=O) groups is 1. The first-order valence-corrected chi connectivity index (χ1v) is 8.09. The molecule has 0 saturated carbocycles. The first-order chi connectivity index (χ1) is 9.88. The quantitative estimate of drug-likeness (QED) is 0.752. The van der Waals surface area contributed by atoms with Gasteiger partial charge in [0.25, 0.3) is 5.91 Å². The summed E-state index contributed by atoms with van der Waals surface area (Å²) in [5, 5.41) is 6.20. The van der Waals surface area contributed by atoms with E-state index in [9.17, 15) is 4.79 Å². The summed E-state index contributed by atoms with van der Waals surface area (Å²) in [5.41, 5.74) is 1.11. The molecule has 0 aliphatic rings. The minimum Gasteiger partial charge on any atom is -0.484 e. The van der Waals surface area contributed by atoms with Crippen molar-refractivity contribution in [3.8, 4) is 5.75 Å². The molecule has 0 saturated heterocycles. The minimum absolute atomic E-state index is 0.0470. The average molecular weight is 357 g/mol. The van der Waals surface area contributed by atoms with Crippen LogP contribution in [0.2, 0.25) is 0 Å². The van der Waals surface area contributed by atoms with Gasteiger partial charge in [0.1, 0.15) is 5.75 Å². The van der Waals surface area contributed by atoms with Crippen molar-refractivity contribution in [1.29, 1.82) is 0 Å². The molecular formula is C16H25BrN2O2. The van der Waals surface area contributed by atoms with Gasteiger partial charge in [-0.15, -0.1) is 0 Å². The van der Waals surface area contributed by atoms with Crippen molar-refractivity contribution in [3.63, 3.8) is 0 Å². The van der Waals surface area contributed by atoms with Crippen molar-refractivity contribution in [2.45, 2.75) is 40.3 Å². The molecule has 0 aliphatic heterocycles. The van der Waals surface area contributed by atoms with Crippen LogP contribution in [0.4, 0.5) is 0 Å². The van der Waals surface area contributed by atoms with Crippen molar-refractivity contribution < 1.29 is 9.53 Å². The molecule has 0 heterocycles. The standard InChI is InChI=1S/C16H25BrN2O2/c1-11(2)8-19-16(20)10-21-14-5-6-15(17)13(7-14)9-18-12(3)4/h5-7,11-12,18H,8-10H2,1-4H3,(H,19,20). The van der Waals surface area contributed by atoms with E-state index in [1.807, 2.05) is 18.2 Å². The third-order valence-electron chi connectivity index (χ3n) is 2.80. The number of rotatable bonds is 8. The van der Waals surface area contributed by atoms with E-state index < -0.39 is 0 Å². The maximum Gasteiger partial charge on any atom is 0.257 e. The summed E-state index contributed by atoms with van der Waals surface area (Å²) in [6.07, 6.45) is 0. The molecule has 0 aromatic heterocycles. The Hall–Kier alpha value is -1.07. The van der Waals surface area contributed by atoms with Gasteiger partial charge in [0.2, 0.25) is 0 Å². The molecule has 1 aromatic carbocycles. The fraction of sp³-hybridized carbons (Fsp3) is 0.562. The third kappa shape index (κ3) is 7.48. The van der Waals surface area contributed by atoms with Gasteiger partial charge in [-0.25, -0.2) is 0 Å². The summed E-state index contributed by atoms with van der Waals surface area (Å²) in [5.74, 6) is 1.06. The van der Waals surface area contributed by atoms with E-state index in [0.717, 1.165) is 16.6 Å². The first kappa shape index (κ1) is 18.0. The second-order valence-electron chi connectivity index (χ2n) is 5.78. The number of amides is 1. The second kappa shape index (κ2) is 9.05. The van der Waals surface area contributed by atoms with Crippen LogP contribution in [0, 0.1) is 5.92 Å². The number of benzene rings is 1. The second-order valence-corrected chi connectivity index (χ2v) is 6.63. The lowest BCUT2D eigenvalue weighted by molar-refractivity contribution is -0.123. The summed E-state index contributed by atoms with van der Waals surface area (Å²) < 4.78 is 6.58. The predicted molar refractivity (Wildman–Crippen MR) is 89.5 cm³/mol. The Bertz CT molecular complexity index is 462. The molecule has 2 N–H and O–H groups in total. The van der Waals surface area contributed by atoms with Crippen LogP contribution in [0.15, 0.2) is 22.7 Å². The van der Waals surface area contributed by atoms with Crippen molar-refractivity contribution >= 4 is 21.8 Å². The fourth-order valence-corrected chi connectivity index (χ4v) is 2.00. The molecule has 0 radical (unpaired) electrons. The largest absolute Gasteiger partial charge is 0.484 e. The van der Waals surface area contributed by atoms with E-state index in [1.165, 1.54) is 0 Å². The number of hydrogen-bond acceptors (Lipinski definition) is 3. The van der Waals surface area contributed by atoms with Crippen molar-refractivity contribution in [2.75, 3.05) is 13.2 Å². The number of carbonyl (C=O) groups excluding carboxylic acids is 1. The molecule has 0 atom stereocenters. The van der Waals surface area contributed by atoms with Gasteiger partial charge in [0.05, 0.1) is 0 Å². The molecule has 0 aliphatic carbocycles. The summed E-state index contributed by atoms with van der Waals surface area (Å²) in [6, 6.07) is 6.18. The van der Waals surface area contributed by atoms with Gasteiger partial charge < -0.3 is 15.4 Å². The number of halogens is 1. The normalized spacial score (nSPS) is 11.0. The highest BCUT2D eigenvalue weighted by molar-refractivity contribution is 9.10. The highest BCUT2D eigenvalue weighted by atomic mass is 79.9. The van der Waals surface area contributed by atoms with E-state index in [0.29, 0.717) is 24.3 Å². The zero-order valence-corrected chi connectivity index (χ0v) is 14.8. The van der Waals surface area contributed by atoms with Gasteiger partial charge in [-0.1, -0.05) is 43.6 Å². The highest BCUT2D eigenvalue weighted by Gasteiger charge is 2.06. The maximum atomic E-state index is 11.6. The average Bonchev–Trinajstić information content (AvgIpc) is 2.42. The van der Waals surface area contributed by atoms with E-state index >= 15 is 0 Å². The Balaban J connectivity index is 2.51. The summed E-state index contributed by atoms with van der Waals surface area (Å²) in [7, 11) is 0. The molecule has 0 spiro atoms. The number of hydrogen-bond donors (Lipinski definition) is 2. The van der Waals surface area contributed by atoms with Crippen LogP contribution >= 0.6 is 15.9 Å². The van der Waals surface area contributed by atoms with E-state index in [2.05, 4.69) is 54.3 Å². The lowest BCUT2D eigenvalue weighted by atomic mass is 10.2. The first-order valence-electron chi connectivity index (χ1n) is 7.29. The highest BCUT2D eigenvalue weighted by Crippen LogP contribution is 2.22. The van der Waals surface area contributed by atoms with Crippen LogP contribution in [0.1, 0.15) is 33.3 Å². The molecule has 4 nitrogen and oxygen atoms in total. The Morgan fingerprint density at radius 2 is 2.00 bits per heavy atom. The Kier molecular flexibility index (Phi) is 7.75. The van der Waals surface area contributed by atoms with E-state index in [-0.39, 0.29) is 12.5 Å². The molecule has 0 bridgehead atoms. The SMILES string of the molecule is CC(C)CNC(=O)COc1ccc(Br)c(CNC(C)C)c1. The molecule has 0 unspecified atom stereocenters. The lowest BCUT2D eigenvalue weighted by Crippen LogP contribution is -2.31. The van der Waals surface area contributed by atoms with Crippen molar-refractivity contribution in [3.05, 3.63) is 28.2 Å². The Morgan fingerprint density at radius 3 is 2.62 bits per heavy atom.